The van der Waals surface area contributed by atoms with Crippen molar-refractivity contribution in [2.45, 2.75) is 44.7 Å². The normalized spacial score (nSPS) is 20.8. The number of benzene rings is 2. The lowest BCUT2D eigenvalue weighted by Gasteiger charge is -2.37. The van der Waals surface area contributed by atoms with Crippen LogP contribution in [0.2, 0.25) is 0 Å². The number of piperidine rings is 1. The highest BCUT2D eigenvalue weighted by molar-refractivity contribution is 5.89. The number of fused-ring (bicyclic) bond motifs is 3. The molecule has 32 heavy (non-hydrogen) atoms. The van der Waals surface area contributed by atoms with E-state index in [0.29, 0.717) is 13.0 Å². The van der Waals surface area contributed by atoms with E-state index >= 15 is 0 Å². The molecule has 4 rings (SSSR count). The number of hydrogen-bond acceptors (Lipinski definition) is 4. The molecule has 2 aromatic rings. The Bertz CT molecular complexity index is 991. The molecule has 0 saturated carbocycles. The summed E-state index contributed by atoms with van der Waals surface area (Å²) in [6, 6.07) is 14.4. The number of nitrogens with zero attached hydrogens (tertiary/aromatic N) is 1. The van der Waals surface area contributed by atoms with Crippen molar-refractivity contribution in [3.8, 4) is 11.1 Å². The molecular weight excluding hydrogens is 408 g/mol. The fraction of sp³-hybridized carbons (Fsp3) is 0.400. The van der Waals surface area contributed by atoms with Crippen LogP contribution >= 0.6 is 0 Å². The summed E-state index contributed by atoms with van der Waals surface area (Å²) in [5.41, 5.74) is 4.49. The average Bonchev–Trinajstić information content (AvgIpc) is 3.11. The predicted molar refractivity (Wildman–Crippen MR) is 119 cm³/mol. The minimum atomic E-state index is -1.02. The Hall–Kier alpha value is -3.35. The Labute approximate surface area is 187 Å². The van der Waals surface area contributed by atoms with Gasteiger partial charge in [0, 0.05) is 12.5 Å². The first-order chi connectivity index (χ1) is 15.4. The minimum absolute atomic E-state index is 0.0702. The van der Waals surface area contributed by atoms with Gasteiger partial charge in [0.2, 0.25) is 5.91 Å². The molecule has 0 bridgehead atoms. The lowest BCUT2D eigenvalue weighted by Crippen LogP contribution is -2.55. The Kier molecular flexibility index (Phi) is 6.17. The second kappa shape index (κ2) is 9.02. The van der Waals surface area contributed by atoms with Crippen LogP contribution in [0.4, 0.5) is 4.79 Å². The van der Waals surface area contributed by atoms with E-state index in [4.69, 9.17) is 4.74 Å². The van der Waals surface area contributed by atoms with Gasteiger partial charge in [0.25, 0.3) is 0 Å². The third-order valence-corrected chi connectivity index (χ3v) is 6.48. The van der Waals surface area contributed by atoms with Crippen LogP contribution in [0.15, 0.2) is 48.5 Å². The van der Waals surface area contributed by atoms with Gasteiger partial charge in [-0.1, -0.05) is 55.5 Å². The molecule has 1 fully saturated rings. The molecule has 0 spiro atoms. The Morgan fingerprint density at radius 2 is 1.69 bits per heavy atom. The smallest absolute Gasteiger partial charge is 0.407 e. The van der Waals surface area contributed by atoms with E-state index in [0.717, 1.165) is 28.7 Å². The standard InChI is InChI=1S/C25H28N2O5/c1-15-11-12-27(22(13-15)24(29)30)23(28)16(2)26-25(31)32-14-21-19-9-5-3-7-17(19)18-8-4-6-10-20(18)21/h3-10,15-16,21-22H,11-14H2,1-2H3,(H,26,31)(H,29,30). The third kappa shape index (κ3) is 4.20. The number of carboxylic acid groups (broad SMARTS) is 1. The monoisotopic (exact) mass is 436 g/mol. The summed E-state index contributed by atoms with van der Waals surface area (Å²) in [6.07, 6.45) is 0.469. The van der Waals surface area contributed by atoms with Crippen LogP contribution in [0, 0.1) is 5.92 Å². The molecule has 1 saturated heterocycles. The molecule has 3 atom stereocenters. The first-order valence-electron chi connectivity index (χ1n) is 11.0. The van der Waals surface area contributed by atoms with E-state index in [1.165, 1.54) is 4.90 Å². The molecule has 2 aliphatic rings. The molecule has 1 aliphatic carbocycles. The molecule has 1 aliphatic heterocycles. The molecule has 2 aromatic carbocycles. The van der Waals surface area contributed by atoms with E-state index in [2.05, 4.69) is 17.4 Å². The summed E-state index contributed by atoms with van der Waals surface area (Å²) < 4.78 is 5.50. The highest BCUT2D eigenvalue weighted by Crippen LogP contribution is 2.44. The van der Waals surface area contributed by atoms with Crippen LogP contribution in [0.5, 0.6) is 0 Å². The van der Waals surface area contributed by atoms with Crippen LogP contribution < -0.4 is 5.32 Å². The van der Waals surface area contributed by atoms with Crippen LogP contribution in [0.25, 0.3) is 11.1 Å². The van der Waals surface area contributed by atoms with Gasteiger partial charge in [-0.3, -0.25) is 4.79 Å². The summed E-state index contributed by atoms with van der Waals surface area (Å²) in [5, 5.41) is 12.1. The van der Waals surface area contributed by atoms with Gasteiger partial charge in [-0.15, -0.1) is 0 Å². The predicted octanol–water partition coefficient (Wildman–Crippen LogP) is 3.63. The van der Waals surface area contributed by atoms with E-state index in [1.54, 1.807) is 6.92 Å². The number of nitrogens with one attached hydrogen (secondary N) is 1. The van der Waals surface area contributed by atoms with Gasteiger partial charge in [-0.25, -0.2) is 9.59 Å². The van der Waals surface area contributed by atoms with Crippen LogP contribution in [-0.2, 0) is 14.3 Å². The number of rotatable bonds is 5. The minimum Gasteiger partial charge on any atom is -0.480 e. The zero-order valence-electron chi connectivity index (χ0n) is 18.3. The number of carboxylic acids is 1. The number of hydrogen-bond donors (Lipinski definition) is 2. The van der Waals surface area contributed by atoms with Crippen LogP contribution in [0.1, 0.15) is 43.7 Å². The molecule has 2 N–H and O–H groups in total. The van der Waals surface area contributed by atoms with Crippen molar-refractivity contribution in [3.05, 3.63) is 59.7 Å². The molecule has 0 radical (unpaired) electrons. The molecule has 7 nitrogen and oxygen atoms in total. The SMILES string of the molecule is CC1CCN(C(=O)C(C)NC(=O)OCC2c3ccccc3-c3ccccc32)C(C(=O)O)C1. The lowest BCUT2D eigenvalue weighted by atomic mass is 9.92. The number of amides is 2. The summed E-state index contributed by atoms with van der Waals surface area (Å²) in [7, 11) is 0. The van der Waals surface area contributed by atoms with Crippen molar-refractivity contribution in [1.82, 2.24) is 10.2 Å². The third-order valence-electron chi connectivity index (χ3n) is 6.48. The zero-order chi connectivity index (χ0) is 22.8. The van der Waals surface area contributed by atoms with Crippen molar-refractivity contribution >= 4 is 18.0 Å². The van der Waals surface area contributed by atoms with E-state index in [-0.39, 0.29) is 18.4 Å². The maximum Gasteiger partial charge on any atom is 0.407 e. The van der Waals surface area contributed by atoms with E-state index < -0.39 is 30.1 Å². The quantitative estimate of drug-likeness (QED) is 0.746. The average molecular weight is 437 g/mol. The largest absolute Gasteiger partial charge is 0.480 e. The highest BCUT2D eigenvalue weighted by Gasteiger charge is 2.37. The molecule has 1 heterocycles. The van der Waals surface area contributed by atoms with Gasteiger partial charge >= 0.3 is 12.1 Å². The number of aliphatic carboxylic acids is 1. The number of carbonyl (C=O) groups excluding carboxylic acids is 2. The Morgan fingerprint density at radius 1 is 1.09 bits per heavy atom. The number of likely N-dealkylation sites (tertiary alicyclic amines) is 1. The van der Waals surface area contributed by atoms with Crippen LogP contribution in [-0.4, -0.2) is 53.2 Å². The van der Waals surface area contributed by atoms with E-state index in [1.807, 2.05) is 43.3 Å². The maximum absolute atomic E-state index is 12.8. The fourth-order valence-electron chi connectivity index (χ4n) is 4.77. The topological polar surface area (TPSA) is 95.9 Å². The van der Waals surface area contributed by atoms with Gasteiger partial charge in [-0.05, 0) is 47.9 Å². The van der Waals surface area contributed by atoms with Crippen molar-refractivity contribution < 1.29 is 24.2 Å². The molecule has 168 valence electrons. The second-order valence-corrected chi connectivity index (χ2v) is 8.71. The van der Waals surface area contributed by atoms with Crippen molar-refractivity contribution in [1.29, 1.82) is 0 Å². The second-order valence-electron chi connectivity index (χ2n) is 8.71. The highest BCUT2D eigenvalue weighted by atomic mass is 16.5. The molecule has 3 unspecified atom stereocenters. The molecular formula is C25H28N2O5. The van der Waals surface area contributed by atoms with Gasteiger partial charge < -0.3 is 20.1 Å². The molecule has 7 heteroatoms. The Balaban J connectivity index is 1.38. The molecule has 0 aromatic heterocycles. The number of alkyl carbamates (subject to hydrolysis) is 1. The van der Waals surface area contributed by atoms with Gasteiger partial charge in [0.1, 0.15) is 18.7 Å². The maximum atomic E-state index is 12.8. The lowest BCUT2D eigenvalue weighted by molar-refractivity contribution is -0.153. The van der Waals surface area contributed by atoms with Gasteiger partial charge in [-0.2, -0.15) is 0 Å². The molecule has 2 amide bonds. The van der Waals surface area contributed by atoms with Crippen molar-refractivity contribution in [2.24, 2.45) is 5.92 Å². The van der Waals surface area contributed by atoms with E-state index in [9.17, 15) is 19.5 Å². The first kappa shape index (κ1) is 21.9. The van der Waals surface area contributed by atoms with Crippen molar-refractivity contribution in [2.75, 3.05) is 13.2 Å². The number of ether oxygens (including phenoxy) is 1. The fourth-order valence-corrected chi connectivity index (χ4v) is 4.77. The summed E-state index contributed by atoms with van der Waals surface area (Å²) in [6.45, 7) is 4.06. The summed E-state index contributed by atoms with van der Waals surface area (Å²) >= 11 is 0. The Morgan fingerprint density at radius 3 is 2.28 bits per heavy atom. The van der Waals surface area contributed by atoms with Crippen molar-refractivity contribution in [3.63, 3.8) is 0 Å². The van der Waals surface area contributed by atoms with Crippen LogP contribution in [0.3, 0.4) is 0 Å². The number of carbonyl (C=O) groups is 3. The zero-order valence-corrected chi connectivity index (χ0v) is 18.3. The first-order valence-corrected chi connectivity index (χ1v) is 11.0. The van der Waals surface area contributed by atoms with Gasteiger partial charge in [0.15, 0.2) is 0 Å². The van der Waals surface area contributed by atoms with Gasteiger partial charge in [0.05, 0.1) is 0 Å². The summed E-state index contributed by atoms with van der Waals surface area (Å²) in [5.74, 6) is -1.25. The summed E-state index contributed by atoms with van der Waals surface area (Å²) in [4.78, 5) is 38.3.